The summed E-state index contributed by atoms with van der Waals surface area (Å²) in [5.74, 6) is -8.74. The number of nitrogen functional groups attached to an aromatic ring is 1. The summed E-state index contributed by atoms with van der Waals surface area (Å²) in [6.07, 6.45) is 3.57. The molecule has 131 valence electrons. The number of carbonyl (C=O) groups is 4. The molecule has 0 aliphatic heterocycles. The second kappa shape index (κ2) is 21.5. The van der Waals surface area contributed by atoms with Crippen molar-refractivity contribution in [3.63, 3.8) is 0 Å². The third kappa shape index (κ3) is 32.6. The Morgan fingerprint density at radius 1 is 0.783 bits per heavy atom. The molecule has 0 saturated carbocycles. The standard InChI is InChI=1S/C5H6N2.2C2H2O4.Cr.3H2O/c6-5-1-3-7-4-2-5;2*3-1(4)2(5)6;;;;/h1-4H,(H2,6,7);2*(H,3,4)(H,5,6);;3*1H2/q;;;+3;;;/p-1. The molecule has 1 aromatic heterocycles. The van der Waals surface area contributed by atoms with E-state index in [1.165, 1.54) is 0 Å². The van der Waals surface area contributed by atoms with Crippen LogP contribution in [0.3, 0.4) is 0 Å². The van der Waals surface area contributed by atoms with Crippen LogP contribution < -0.4 is 31.1 Å². The quantitative estimate of drug-likeness (QED) is 0.330. The van der Waals surface area contributed by atoms with Gasteiger partial charge in [-0.2, -0.15) is 0 Å². The summed E-state index contributed by atoms with van der Waals surface area (Å²) in [5.41, 5.74) is 6.13. The van der Waals surface area contributed by atoms with E-state index in [9.17, 15) is 0 Å². The number of aliphatic carboxylic acids is 4. The number of nitrogens with two attached hydrogens (primary N) is 1. The monoisotopic (exact) mass is 379 g/mol. The molecule has 0 aliphatic rings. The molecule has 0 bridgehead atoms. The second-order valence-electron chi connectivity index (χ2n) is 2.48. The molecule has 13 nitrogen and oxygen atoms in total. The van der Waals surface area contributed by atoms with E-state index in [0.29, 0.717) is 0 Å². The van der Waals surface area contributed by atoms with Crippen molar-refractivity contribution < 1.29 is 78.4 Å². The zero-order valence-corrected chi connectivity index (χ0v) is 12.5. The average Bonchev–Trinajstić information content (AvgIpc) is 2.31. The molecule has 0 aliphatic carbocycles. The van der Waals surface area contributed by atoms with Crippen LogP contribution in [0.2, 0.25) is 0 Å². The summed E-state index contributed by atoms with van der Waals surface area (Å²) in [7, 11) is 0. The third-order valence-corrected chi connectivity index (χ3v) is 1.08. The first kappa shape index (κ1) is 37.0. The summed E-state index contributed by atoms with van der Waals surface area (Å²) < 4.78 is 0. The Labute approximate surface area is 139 Å². The number of pyridine rings is 1. The van der Waals surface area contributed by atoms with Gasteiger partial charge in [0, 0.05) is 17.8 Å². The van der Waals surface area contributed by atoms with Crippen LogP contribution in [-0.2, 0) is 47.5 Å². The Morgan fingerprint density at radius 3 is 1.09 bits per heavy atom. The van der Waals surface area contributed by atoms with Crippen molar-refractivity contribution in [1.29, 1.82) is 0 Å². The van der Waals surface area contributed by atoms with E-state index in [1.54, 1.807) is 24.5 Å². The van der Waals surface area contributed by atoms with Gasteiger partial charge < -0.3 is 61.8 Å². The predicted molar refractivity (Wildman–Crippen MR) is 60.8 cm³/mol. The molecule has 0 saturated heterocycles. The number of hydrogen-bond donors (Lipinski definition) is 1. The molecule has 1 radical (unpaired) electrons. The van der Waals surface area contributed by atoms with Crippen molar-refractivity contribution in [1.82, 2.24) is 0 Å². The summed E-state index contributed by atoms with van der Waals surface area (Å²) in [6, 6.07) is 3.61. The Morgan fingerprint density at radius 2 is 1.00 bits per heavy atom. The van der Waals surface area contributed by atoms with Gasteiger partial charge in [0.15, 0.2) is 12.4 Å². The summed E-state index contributed by atoms with van der Waals surface area (Å²) in [6.45, 7) is 0. The van der Waals surface area contributed by atoms with Crippen LogP contribution in [0.5, 0.6) is 0 Å². The molecule has 0 fully saturated rings. The van der Waals surface area contributed by atoms with E-state index >= 15 is 0 Å². The van der Waals surface area contributed by atoms with Crippen LogP contribution in [0.25, 0.3) is 0 Å². The molecule has 0 aromatic carbocycles. The van der Waals surface area contributed by atoms with Gasteiger partial charge >= 0.3 is 17.4 Å². The SMILES string of the molecule is Nc1cc[nH+]cc1.O.O=C([O-])C(=O)[O-].O=C([O-])C(=O)[O-].[Cr+3].[OH3+].[OH3+]. The smallest absolute Gasteiger partial charge is 0.543 e. The van der Waals surface area contributed by atoms with Crippen molar-refractivity contribution in [3.05, 3.63) is 24.5 Å². The first-order valence-electron chi connectivity index (χ1n) is 4.24. The van der Waals surface area contributed by atoms with Gasteiger partial charge in [-0.3, -0.25) is 0 Å². The molecule has 0 amide bonds. The molecule has 1 aromatic rings. The predicted octanol–water partition coefficient (Wildman–Crippen LogP) is -9.62. The second-order valence-corrected chi connectivity index (χ2v) is 2.48. The van der Waals surface area contributed by atoms with E-state index in [4.69, 9.17) is 45.3 Å². The minimum Gasteiger partial charge on any atom is -0.543 e. The maximum absolute atomic E-state index is 8.93. The topological polar surface area (TPSA) is 298 Å². The molecule has 0 unspecified atom stereocenters. The number of rotatable bonds is 0. The zero-order chi connectivity index (χ0) is 15.4. The van der Waals surface area contributed by atoms with Gasteiger partial charge in [0.2, 0.25) is 0 Å². The van der Waals surface area contributed by atoms with Gasteiger partial charge in [-0.25, -0.2) is 4.98 Å². The Hall–Kier alpha value is -2.76. The first-order valence-corrected chi connectivity index (χ1v) is 4.24. The van der Waals surface area contributed by atoms with Crippen LogP contribution in [-0.4, -0.2) is 29.4 Å². The van der Waals surface area contributed by atoms with Crippen LogP contribution in [0.15, 0.2) is 24.5 Å². The summed E-state index contributed by atoms with van der Waals surface area (Å²) in [4.78, 5) is 38.6. The molecular weight excluding hydrogens is 364 g/mol. The molecule has 1 heterocycles. The fourth-order valence-corrected chi connectivity index (χ4v) is 0.400. The number of anilines is 1. The number of carboxylic acids is 4. The minimum atomic E-state index is -2.19. The third-order valence-electron chi connectivity index (χ3n) is 1.08. The number of carboxylic acid groups (broad SMARTS) is 4. The Balaban J connectivity index is -0.0000000436. The van der Waals surface area contributed by atoms with Gasteiger partial charge in [-0.1, -0.05) is 0 Å². The fourth-order valence-electron chi connectivity index (χ4n) is 0.400. The van der Waals surface area contributed by atoms with Crippen molar-refractivity contribution in [2.45, 2.75) is 0 Å². The van der Waals surface area contributed by atoms with Gasteiger partial charge in [0.1, 0.15) is 0 Å². The van der Waals surface area contributed by atoms with Crippen molar-refractivity contribution >= 4 is 29.6 Å². The average molecular weight is 379 g/mol. The van der Waals surface area contributed by atoms with Crippen LogP contribution >= 0.6 is 0 Å². The molecular formula is C9H15CrN2O11+2. The minimum absolute atomic E-state index is 0. The zero-order valence-electron chi connectivity index (χ0n) is 11.2. The number of carbonyl (C=O) groups excluding carboxylic acids is 4. The summed E-state index contributed by atoms with van der Waals surface area (Å²) in [5, 5.41) is 35.7. The molecule has 14 heteroatoms. The van der Waals surface area contributed by atoms with Crippen molar-refractivity contribution in [2.24, 2.45) is 0 Å². The van der Waals surface area contributed by atoms with E-state index < -0.39 is 23.9 Å². The first-order chi connectivity index (χ1) is 8.68. The van der Waals surface area contributed by atoms with E-state index in [1.807, 2.05) is 0 Å². The van der Waals surface area contributed by atoms with Crippen LogP contribution in [0.4, 0.5) is 5.69 Å². The largest absolute Gasteiger partial charge is 3.00 e. The van der Waals surface area contributed by atoms with Crippen LogP contribution in [0.1, 0.15) is 0 Å². The molecule has 0 spiro atoms. The van der Waals surface area contributed by atoms with E-state index in [0.717, 1.165) is 5.69 Å². The normalized spacial score (nSPS) is 6.43. The summed E-state index contributed by atoms with van der Waals surface area (Å²) >= 11 is 0. The number of aromatic nitrogens is 1. The van der Waals surface area contributed by atoms with Crippen molar-refractivity contribution in [2.75, 3.05) is 5.73 Å². The van der Waals surface area contributed by atoms with E-state index in [-0.39, 0.29) is 33.8 Å². The van der Waals surface area contributed by atoms with Gasteiger partial charge in [0.25, 0.3) is 0 Å². The number of hydrogen-bond acceptors (Lipinski definition) is 9. The Kier molecular flexibility index (Phi) is 34.6. The maximum atomic E-state index is 8.93. The molecule has 1 rings (SSSR count). The molecule has 11 N–H and O–H groups in total. The van der Waals surface area contributed by atoms with E-state index in [2.05, 4.69) is 4.98 Å². The van der Waals surface area contributed by atoms with Crippen LogP contribution in [0, 0.1) is 0 Å². The number of aromatic amines is 1. The number of H-pyrrole nitrogens is 1. The van der Waals surface area contributed by atoms with Gasteiger partial charge in [-0.05, 0) is 0 Å². The Bertz CT molecular complexity index is 406. The van der Waals surface area contributed by atoms with Gasteiger partial charge in [-0.15, -0.1) is 0 Å². The molecule has 0 atom stereocenters. The van der Waals surface area contributed by atoms with Gasteiger partial charge in [0.05, 0.1) is 23.9 Å². The molecule has 23 heavy (non-hydrogen) atoms. The fraction of sp³-hybridized carbons (Fsp3) is 0. The number of nitrogens with one attached hydrogen (secondary N) is 1. The maximum Gasteiger partial charge on any atom is 3.00 e. The van der Waals surface area contributed by atoms with Crippen molar-refractivity contribution in [3.8, 4) is 0 Å².